The maximum Gasteiger partial charge on any atom is 0.276 e. The van der Waals surface area contributed by atoms with Gasteiger partial charge in [-0.25, -0.2) is 5.14 Å². The fraction of sp³-hybridized carbons (Fsp3) is 1.00. The third-order valence-corrected chi connectivity index (χ3v) is 3.29. The molecule has 1 rings (SSSR count). The van der Waals surface area contributed by atoms with Crippen LogP contribution in [0, 0.1) is 5.92 Å². The Kier molecular flexibility index (Phi) is 4.27. The molecule has 7 heteroatoms. The van der Waals surface area contributed by atoms with Crippen molar-refractivity contribution in [2.45, 2.75) is 6.42 Å². The van der Waals surface area contributed by atoms with Gasteiger partial charge in [-0.1, -0.05) is 0 Å². The fourth-order valence-electron chi connectivity index (χ4n) is 1.39. The Labute approximate surface area is 84.8 Å². The summed E-state index contributed by atoms with van der Waals surface area (Å²) in [5.74, 6) is 0.395. The molecule has 0 aromatic heterocycles. The average molecular weight is 222 g/mol. The van der Waals surface area contributed by atoms with E-state index in [-0.39, 0.29) is 0 Å². The van der Waals surface area contributed by atoms with E-state index in [9.17, 15) is 8.42 Å². The van der Waals surface area contributed by atoms with Crippen molar-refractivity contribution in [3.05, 3.63) is 0 Å². The Morgan fingerprint density at radius 1 is 1.43 bits per heavy atom. The molecule has 1 fully saturated rings. The molecule has 0 aromatic carbocycles. The van der Waals surface area contributed by atoms with Crippen LogP contribution in [0.5, 0.6) is 0 Å². The molecular weight excluding hydrogens is 204 g/mol. The van der Waals surface area contributed by atoms with Crippen LogP contribution in [0.15, 0.2) is 0 Å². The molecule has 0 amide bonds. The van der Waals surface area contributed by atoms with Gasteiger partial charge in [0.1, 0.15) is 0 Å². The zero-order valence-corrected chi connectivity index (χ0v) is 8.96. The summed E-state index contributed by atoms with van der Waals surface area (Å²) < 4.78 is 22.9. The normalized spacial score (nSPS) is 19.6. The van der Waals surface area contributed by atoms with Crippen molar-refractivity contribution >= 4 is 10.2 Å². The van der Waals surface area contributed by atoms with Crippen molar-refractivity contribution in [3.8, 4) is 0 Å². The summed E-state index contributed by atoms with van der Waals surface area (Å²) in [5.41, 5.74) is 5.33. The van der Waals surface area contributed by atoms with Crippen LogP contribution >= 0.6 is 0 Å². The van der Waals surface area contributed by atoms with Crippen LogP contribution in [0.3, 0.4) is 0 Å². The summed E-state index contributed by atoms with van der Waals surface area (Å²) in [5, 5.41) is 8.16. The Morgan fingerprint density at radius 3 is 2.57 bits per heavy atom. The molecule has 14 heavy (non-hydrogen) atoms. The lowest BCUT2D eigenvalue weighted by Gasteiger charge is -2.36. The Hall–Kier alpha value is -0.210. The number of nitrogens with one attached hydrogen (secondary N) is 1. The molecule has 1 aliphatic rings. The molecule has 0 radical (unpaired) electrons. The molecule has 0 bridgehead atoms. The number of rotatable bonds is 6. The fourth-order valence-corrected chi connectivity index (χ4v) is 2.23. The highest BCUT2D eigenvalue weighted by Crippen LogP contribution is 2.16. The van der Waals surface area contributed by atoms with Crippen LogP contribution in [0.4, 0.5) is 0 Å². The highest BCUT2D eigenvalue weighted by atomic mass is 32.2. The lowest BCUT2D eigenvalue weighted by molar-refractivity contribution is 0.196. The Morgan fingerprint density at radius 2 is 2.07 bits per heavy atom. The summed E-state index contributed by atoms with van der Waals surface area (Å²) in [7, 11) is -3.45. The number of hydrogen-bond acceptors (Lipinski definition) is 4. The number of nitrogens with two attached hydrogens (primary N) is 2. The van der Waals surface area contributed by atoms with E-state index in [2.05, 4.69) is 5.32 Å². The second-order valence-electron chi connectivity index (χ2n) is 3.57. The lowest BCUT2D eigenvalue weighted by Crippen LogP contribution is -2.55. The van der Waals surface area contributed by atoms with Crippen molar-refractivity contribution in [2.24, 2.45) is 16.8 Å². The van der Waals surface area contributed by atoms with Gasteiger partial charge in [0.2, 0.25) is 0 Å². The molecule has 1 heterocycles. The first-order valence-corrected chi connectivity index (χ1v) is 6.23. The first kappa shape index (κ1) is 11.9. The third-order valence-electron chi connectivity index (χ3n) is 2.27. The van der Waals surface area contributed by atoms with Crippen molar-refractivity contribution in [2.75, 3.05) is 32.7 Å². The van der Waals surface area contributed by atoms with Gasteiger partial charge in [-0.15, -0.1) is 0 Å². The smallest absolute Gasteiger partial charge is 0.276 e. The predicted octanol–water partition coefficient (Wildman–Crippen LogP) is -1.94. The van der Waals surface area contributed by atoms with Crippen LogP contribution in [0.2, 0.25) is 0 Å². The molecule has 0 spiro atoms. The van der Waals surface area contributed by atoms with Crippen LogP contribution < -0.4 is 16.2 Å². The SMILES string of the molecule is NCCCNCC1CN(S(N)(=O)=O)C1. The second-order valence-corrected chi connectivity index (χ2v) is 5.12. The van der Waals surface area contributed by atoms with Crippen molar-refractivity contribution in [1.82, 2.24) is 9.62 Å². The van der Waals surface area contributed by atoms with E-state index in [4.69, 9.17) is 10.9 Å². The molecule has 0 atom stereocenters. The molecule has 1 aliphatic heterocycles. The van der Waals surface area contributed by atoms with Gasteiger partial charge in [-0.3, -0.25) is 0 Å². The van der Waals surface area contributed by atoms with Crippen LogP contribution in [-0.4, -0.2) is 45.4 Å². The Balaban J connectivity index is 2.05. The molecule has 0 aliphatic carbocycles. The highest BCUT2D eigenvalue weighted by Gasteiger charge is 2.32. The predicted molar refractivity (Wildman–Crippen MR) is 54.7 cm³/mol. The van der Waals surface area contributed by atoms with Crippen LogP contribution in [0.25, 0.3) is 0 Å². The molecule has 0 saturated carbocycles. The highest BCUT2D eigenvalue weighted by molar-refractivity contribution is 7.86. The van der Waals surface area contributed by atoms with E-state index in [1.807, 2.05) is 0 Å². The van der Waals surface area contributed by atoms with Gasteiger partial charge in [0.15, 0.2) is 0 Å². The van der Waals surface area contributed by atoms with E-state index in [0.29, 0.717) is 25.6 Å². The summed E-state index contributed by atoms with van der Waals surface area (Å²) in [6, 6.07) is 0. The second kappa shape index (κ2) is 5.04. The topological polar surface area (TPSA) is 101 Å². The summed E-state index contributed by atoms with van der Waals surface area (Å²) in [4.78, 5) is 0. The quantitative estimate of drug-likeness (QED) is 0.455. The van der Waals surface area contributed by atoms with Gasteiger partial charge in [-0.05, 0) is 25.4 Å². The van der Waals surface area contributed by atoms with Crippen LogP contribution in [0.1, 0.15) is 6.42 Å². The Bertz CT molecular complexity index is 261. The van der Waals surface area contributed by atoms with Gasteiger partial charge in [0.25, 0.3) is 10.2 Å². The maximum atomic E-state index is 10.8. The third kappa shape index (κ3) is 3.50. The van der Waals surface area contributed by atoms with E-state index >= 15 is 0 Å². The van der Waals surface area contributed by atoms with E-state index in [1.165, 1.54) is 4.31 Å². The van der Waals surface area contributed by atoms with E-state index in [0.717, 1.165) is 19.5 Å². The summed E-state index contributed by atoms with van der Waals surface area (Å²) in [6.07, 6.45) is 0.950. The molecule has 5 N–H and O–H groups in total. The lowest BCUT2D eigenvalue weighted by atomic mass is 10.0. The van der Waals surface area contributed by atoms with E-state index < -0.39 is 10.2 Å². The molecule has 1 saturated heterocycles. The van der Waals surface area contributed by atoms with Gasteiger partial charge in [0.05, 0.1) is 0 Å². The maximum absolute atomic E-state index is 10.8. The number of nitrogens with zero attached hydrogens (tertiary/aromatic N) is 1. The minimum Gasteiger partial charge on any atom is -0.330 e. The minimum absolute atomic E-state index is 0.395. The first-order valence-electron chi connectivity index (χ1n) is 4.72. The summed E-state index contributed by atoms with van der Waals surface area (Å²) in [6.45, 7) is 3.48. The largest absolute Gasteiger partial charge is 0.330 e. The average Bonchev–Trinajstić information content (AvgIpc) is 1.98. The number of hydrogen-bond donors (Lipinski definition) is 3. The van der Waals surface area contributed by atoms with Crippen molar-refractivity contribution < 1.29 is 8.42 Å². The van der Waals surface area contributed by atoms with Gasteiger partial charge in [0, 0.05) is 19.6 Å². The van der Waals surface area contributed by atoms with Crippen LogP contribution in [-0.2, 0) is 10.2 Å². The zero-order valence-electron chi connectivity index (χ0n) is 8.15. The zero-order chi connectivity index (χ0) is 10.6. The van der Waals surface area contributed by atoms with Crippen molar-refractivity contribution in [1.29, 1.82) is 0 Å². The van der Waals surface area contributed by atoms with Gasteiger partial charge in [-0.2, -0.15) is 12.7 Å². The minimum atomic E-state index is -3.45. The molecule has 6 nitrogen and oxygen atoms in total. The molecule has 0 unspecified atom stereocenters. The molecule has 0 aromatic rings. The monoisotopic (exact) mass is 222 g/mol. The van der Waals surface area contributed by atoms with Crippen molar-refractivity contribution in [3.63, 3.8) is 0 Å². The molecular formula is C7H18N4O2S. The summed E-state index contributed by atoms with van der Waals surface area (Å²) >= 11 is 0. The standard InChI is InChI=1S/C7H18N4O2S/c8-2-1-3-10-4-7-5-11(6-7)14(9,12)13/h7,10H,1-6,8H2,(H2,9,12,13). The van der Waals surface area contributed by atoms with Gasteiger partial charge >= 0.3 is 0 Å². The first-order chi connectivity index (χ1) is 6.54. The molecule has 84 valence electrons. The van der Waals surface area contributed by atoms with E-state index in [1.54, 1.807) is 0 Å². The van der Waals surface area contributed by atoms with Gasteiger partial charge < -0.3 is 11.1 Å².